The van der Waals surface area contributed by atoms with Crippen LogP contribution in [0, 0.1) is 5.92 Å². The fraction of sp³-hybridized carbons (Fsp3) is 0.682. The van der Waals surface area contributed by atoms with Gasteiger partial charge in [-0.15, -0.1) is 0 Å². The van der Waals surface area contributed by atoms with Crippen LogP contribution in [0.2, 0.25) is 0 Å². The normalized spacial score (nSPS) is 27.3. The van der Waals surface area contributed by atoms with Crippen molar-refractivity contribution in [1.82, 2.24) is 10.6 Å². The Bertz CT molecular complexity index is 564. The van der Waals surface area contributed by atoms with Gasteiger partial charge in [-0.05, 0) is 56.4 Å². The topological polar surface area (TPSA) is 54.9 Å². The monoisotopic (exact) mass is 373 g/mol. The van der Waals surface area contributed by atoms with E-state index < -0.39 is 0 Å². The smallest absolute Gasteiger partial charge is 0.191 e. The summed E-state index contributed by atoms with van der Waals surface area (Å²) in [6.07, 6.45) is 6.40. The first kappa shape index (κ1) is 20.2. The fourth-order valence-corrected chi connectivity index (χ4v) is 4.06. The van der Waals surface area contributed by atoms with Gasteiger partial charge in [-0.2, -0.15) is 0 Å². The number of hydrogen-bond acceptors (Lipinski definition) is 3. The molecule has 3 rings (SSSR count). The second-order valence-corrected chi connectivity index (χ2v) is 7.95. The standard InChI is InChI=1S/C22H35N3O2/c1-17(15-27-21-12-13-26-16-21)25-22(23-2)24-14-18-8-10-20(11-9-18)19-6-4-3-5-7-19/h3-7,17-18,20-21H,8-16H2,1-2H3,(H2,23,24,25). The van der Waals surface area contributed by atoms with Gasteiger partial charge in [0.05, 0.1) is 19.3 Å². The summed E-state index contributed by atoms with van der Waals surface area (Å²) >= 11 is 0. The Morgan fingerprint density at radius 2 is 1.96 bits per heavy atom. The molecule has 1 heterocycles. The third-order valence-electron chi connectivity index (χ3n) is 5.75. The molecular weight excluding hydrogens is 338 g/mol. The lowest BCUT2D eigenvalue weighted by Crippen LogP contribution is -2.46. The van der Waals surface area contributed by atoms with Gasteiger partial charge in [0.1, 0.15) is 0 Å². The number of guanidine groups is 1. The average molecular weight is 374 g/mol. The zero-order chi connectivity index (χ0) is 18.9. The molecule has 2 fully saturated rings. The largest absolute Gasteiger partial charge is 0.379 e. The SMILES string of the molecule is CN=C(NCC1CCC(c2ccccc2)CC1)NC(C)COC1CCOC1. The Morgan fingerprint density at radius 1 is 1.19 bits per heavy atom. The highest BCUT2D eigenvalue weighted by Crippen LogP contribution is 2.35. The number of nitrogens with one attached hydrogen (secondary N) is 2. The van der Waals surface area contributed by atoms with Crippen molar-refractivity contribution < 1.29 is 9.47 Å². The van der Waals surface area contributed by atoms with E-state index in [-0.39, 0.29) is 12.1 Å². The van der Waals surface area contributed by atoms with Crippen LogP contribution in [-0.4, -0.2) is 51.5 Å². The number of hydrogen-bond donors (Lipinski definition) is 2. The summed E-state index contributed by atoms with van der Waals surface area (Å²) in [4.78, 5) is 4.37. The van der Waals surface area contributed by atoms with Crippen molar-refractivity contribution >= 4 is 5.96 Å². The maximum atomic E-state index is 5.89. The van der Waals surface area contributed by atoms with E-state index in [9.17, 15) is 0 Å². The predicted molar refractivity (Wildman–Crippen MR) is 110 cm³/mol. The minimum Gasteiger partial charge on any atom is -0.379 e. The van der Waals surface area contributed by atoms with E-state index in [1.54, 1.807) is 0 Å². The van der Waals surface area contributed by atoms with Crippen LogP contribution in [-0.2, 0) is 9.47 Å². The highest BCUT2D eigenvalue weighted by Gasteiger charge is 2.22. The Morgan fingerprint density at radius 3 is 2.63 bits per heavy atom. The Hall–Kier alpha value is -1.59. The molecule has 0 aromatic heterocycles. The molecule has 27 heavy (non-hydrogen) atoms. The highest BCUT2D eigenvalue weighted by atomic mass is 16.5. The molecular formula is C22H35N3O2. The zero-order valence-electron chi connectivity index (χ0n) is 16.8. The van der Waals surface area contributed by atoms with E-state index in [2.05, 4.69) is 52.9 Å². The second kappa shape index (κ2) is 10.7. The van der Waals surface area contributed by atoms with Gasteiger partial charge in [-0.25, -0.2) is 0 Å². The van der Waals surface area contributed by atoms with Gasteiger partial charge in [0, 0.05) is 26.2 Å². The third-order valence-corrected chi connectivity index (χ3v) is 5.75. The summed E-state index contributed by atoms with van der Waals surface area (Å²) in [7, 11) is 1.83. The maximum Gasteiger partial charge on any atom is 0.191 e. The highest BCUT2D eigenvalue weighted by molar-refractivity contribution is 5.79. The minimum absolute atomic E-state index is 0.227. The maximum absolute atomic E-state index is 5.89. The van der Waals surface area contributed by atoms with Crippen molar-refractivity contribution in [3.63, 3.8) is 0 Å². The molecule has 1 aromatic carbocycles. The molecule has 5 heteroatoms. The Labute approximate surface area is 163 Å². The lowest BCUT2D eigenvalue weighted by molar-refractivity contribution is 0.0347. The number of aliphatic imine (C=N–C) groups is 1. The van der Waals surface area contributed by atoms with Gasteiger partial charge in [0.2, 0.25) is 0 Å². The van der Waals surface area contributed by atoms with E-state index in [1.165, 1.54) is 31.2 Å². The van der Waals surface area contributed by atoms with Crippen LogP contribution in [0.5, 0.6) is 0 Å². The van der Waals surface area contributed by atoms with Gasteiger partial charge in [-0.1, -0.05) is 30.3 Å². The zero-order valence-corrected chi connectivity index (χ0v) is 16.8. The molecule has 1 saturated carbocycles. The van der Waals surface area contributed by atoms with Crippen LogP contribution in [0.15, 0.2) is 35.3 Å². The third kappa shape index (κ3) is 6.51. The van der Waals surface area contributed by atoms with Crippen LogP contribution in [0.25, 0.3) is 0 Å². The Kier molecular flexibility index (Phi) is 7.96. The number of ether oxygens (including phenoxy) is 2. The van der Waals surface area contributed by atoms with Crippen molar-refractivity contribution in [2.45, 2.75) is 57.1 Å². The molecule has 2 unspecified atom stereocenters. The molecule has 2 aliphatic rings. The van der Waals surface area contributed by atoms with Gasteiger partial charge in [0.25, 0.3) is 0 Å². The quantitative estimate of drug-likeness (QED) is 0.569. The van der Waals surface area contributed by atoms with Crippen LogP contribution < -0.4 is 10.6 Å². The summed E-state index contributed by atoms with van der Waals surface area (Å²) in [6, 6.07) is 11.2. The second-order valence-electron chi connectivity index (χ2n) is 7.95. The summed E-state index contributed by atoms with van der Waals surface area (Å²) < 4.78 is 11.2. The van der Waals surface area contributed by atoms with Crippen molar-refractivity contribution in [3.05, 3.63) is 35.9 Å². The Balaban J connectivity index is 1.33. The van der Waals surface area contributed by atoms with Gasteiger partial charge in [0.15, 0.2) is 5.96 Å². The summed E-state index contributed by atoms with van der Waals surface area (Å²) in [5, 5.41) is 6.95. The number of rotatable bonds is 7. The minimum atomic E-state index is 0.227. The van der Waals surface area contributed by atoms with Gasteiger partial charge < -0.3 is 20.1 Å². The van der Waals surface area contributed by atoms with E-state index in [0.29, 0.717) is 6.61 Å². The molecule has 0 radical (unpaired) electrons. The van der Waals surface area contributed by atoms with Crippen LogP contribution in [0.1, 0.15) is 50.5 Å². The van der Waals surface area contributed by atoms with Crippen molar-refractivity contribution in [2.75, 3.05) is 33.4 Å². The van der Waals surface area contributed by atoms with Crippen LogP contribution in [0.4, 0.5) is 0 Å². The molecule has 0 amide bonds. The van der Waals surface area contributed by atoms with Crippen LogP contribution in [0.3, 0.4) is 0 Å². The molecule has 150 valence electrons. The molecule has 0 bridgehead atoms. The molecule has 2 atom stereocenters. The molecule has 1 aliphatic carbocycles. The first-order valence-electron chi connectivity index (χ1n) is 10.5. The number of nitrogens with zero attached hydrogens (tertiary/aromatic N) is 1. The van der Waals surface area contributed by atoms with E-state index in [4.69, 9.17) is 9.47 Å². The summed E-state index contributed by atoms with van der Waals surface area (Å²) in [5.41, 5.74) is 1.50. The van der Waals surface area contributed by atoms with E-state index >= 15 is 0 Å². The lowest BCUT2D eigenvalue weighted by Gasteiger charge is -2.29. The lowest BCUT2D eigenvalue weighted by atomic mass is 9.79. The van der Waals surface area contributed by atoms with Crippen molar-refractivity contribution in [3.8, 4) is 0 Å². The summed E-state index contributed by atoms with van der Waals surface area (Å²) in [5.74, 6) is 2.33. The first-order chi connectivity index (χ1) is 13.2. The van der Waals surface area contributed by atoms with Crippen molar-refractivity contribution in [1.29, 1.82) is 0 Å². The average Bonchev–Trinajstić information content (AvgIpc) is 3.24. The van der Waals surface area contributed by atoms with E-state index in [1.807, 2.05) is 7.05 Å². The summed E-state index contributed by atoms with van der Waals surface area (Å²) in [6.45, 7) is 5.35. The van der Waals surface area contributed by atoms with Crippen molar-refractivity contribution in [2.24, 2.45) is 10.9 Å². The number of benzene rings is 1. The molecule has 1 aliphatic heterocycles. The van der Waals surface area contributed by atoms with Gasteiger partial charge in [-0.3, -0.25) is 4.99 Å². The van der Waals surface area contributed by atoms with Gasteiger partial charge >= 0.3 is 0 Å². The van der Waals surface area contributed by atoms with Crippen LogP contribution >= 0.6 is 0 Å². The van der Waals surface area contributed by atoms with E-state index in [0.717, 1.165) is 44.0 Å². The predicted octanol–water partition coefficient (Wildman–Crippen LogP) is 3.32. The molecule has 2 N–H and O–H groups in total. The fourth-order valence-electron chi connectivity index (χ4n) is 4.06. The molecule has 1 saturated heterocycles. The first-order valence-corrected chi connectivity index (χ1v) is 10.5. The molecule has 5 nitrogen and oxygen atoms in total. The molecule has 1 aromatic rings. The molecule has 0 spiro atoms.